The highest BCUT2D eigenvalue weighted by atomic mass is 32.2. The highest BCUT2D eigenvalue weighted by Gasteiger charge is 2.42. The minimum absolute atomic E-state index is 0.242. The van der Waals surface area contributed by atoms with Crippen LogP contribution in [0.4, 0.5) is 11.4 Å². The quantitative estimate of drug-likeness (QED) is 0.344. The molecule has 0 aromatic heterocycles. The Morgan fingerprint density at radius 3 is 2.40 bits per heavy atom. The summed E-state index contributed by atoms with van der Waals surface area (Å²) in [6.07, 6.45) is 0.743. The van der Waals surface area contributed by atoms with Gasteiger partial charge in [-0.15, -0.1) is 0 Å². The smallest absolute Gasteiger partial charge is 0.338 e. The summed E-state index contributed by atoms with van der Waals surface area (Å²) in [6, 6.07) is 13.4. The Balaban J connectivity index is 1.55. The van der Waals surface area contributed by atoms with Crippen LogP contribution < -0.4 is 10.2 Å². The molecule has 2 aromatic carbocycles. The maximum atomic E-state index is 13.4. The van der Waals surface area contributed by atoms with E-state index in [1.165, 1.54) is 9.80 Å². The normalized spacial score (nSPS) is 17.1. The van der Waals surface area contributed by atoms with E-state index in [1.54, 1.807) is 55.5 Å². The van der Waals surface area contributed by atoms with Gasteiger partial charge in [-0.1, -0.05) is 49.1 Å². The maximum Gasteiger partial charge on any atom is 0.338 e. The molecule has 2 aromatic rings. The monoisotopic (exact) mass is 509 g/mol. The molecule has 2 aliphatic heterocycles. The first kappa shape index (κ1) is 24.6. The second-order valence-electron chi connectivity index (χ2n) is 7.78. The van der Waals surface area contributed by atoms with Crippen molar-refractivity contribution in [3.63, 3.8) is 0 Å². The number of carbonyl (C=O) groups is 4. The van der Waals surface area contributed by atoms with Crippen molar-refractivity contribution in [3.05, 3.63) is 64.6 Å². The van der Waals surface area contributed by atoms with E-state index >= 15 is 0 Å². The zero-order valence-corrected chi connectivity index (χ0v) is 20.8. The second-order valence-corrected chi connectivity index (χ2v) is 9.43. The largest absolute Gasteiger partial charge is 0.462 e. The minimum atomic E-state index is -0.443. The van der Waals surface area contributed by atoms with Crippen molar-refractivity contribution in [2.75, 3.05) is 29.9 Å². The molecule has 1 N–H and O–H groups in total. The Kier molecular flexibility index (Phi) is 7.32. The van der Waals surface area contributed by atoms with E-state index in [4.69, 9.17) is 17.0 Å². The summed E-state index contributed by atoms with van der Waals surface area (Å²) in [5.74, 6) is -1.57. The lowest BCUT2D eigenvalue weighted by Gasteiger charge is -2.17. The molecule has 0 radical (unpaired) electrons. The average molecular weight is 510 g/mol. The number of para-hydroxylation sites is 1. The number of thioether (sulfide) groups is 1. The molecule has 0 aliphatic carbocycles. The number of carbonyl (C=O) groups excluding carboxylic acids is 4. The molecule has 0 bridgehead atoms. The zero-order valence-electron chi connectivity index (χ0n) is 19.2. The Morgan fingerprint density at radius 1 is 1.00 bits per heavy atom. The van der Waals surface area contributed by atoms with E-state index in [0.717, 1.165) is 18.2 Å². The summed E-state index contributed by atoms with van der Waals surface area (Å²) < 4.78 is 5.38. The number of ether oxygens (including phenoxy) is 1. The minimum Gasteiger partial charge on any atom is -0.462 e. The van der Waals surface area contributed by atoms with Crippen LogP contribution in [0.5, 0.6) is 0 Å². The first-order valence-corrected chi connectivity index (χ1v) is 12.3. The van der Waals surface area contributed by atoms with Crippen molar-refractivity contribution in [3.8, 4) is 0 Å². The molecule has 4 rings (SSSR count). The van der Waals surface area contributed by atoms with Gasteiger partial charge in [0.1, 0.15) is 10.9 Å². The third-order valence-electron chi connectivity index (χ3n) is 5.43. The second kappa shape index (κ2) is 10.4. The van der Waals surface area contributed by atoms with Gasteiger partial charge < -0.3 is 10.1 Å². The Labute approximate surface area is 212 Å². The molecule has 35 heavy (non-hydrogen) atoms. The van der Waals surface area contributed by atoms with Crippen molar-refractivity contribution in [1.29, 1.82) is 0 Å². The zero-order chi connectivity index (χ0) is 25.1. The predicted octanol–water partition coefficient (Wildman–Crippen LogP) is 3.83. The number of thiocarbonyl (C=S) groups is 1. The molecule has 0 atom stereocenters. The Morgan fingerprint density at radius 2 is 1.71 bits per heavy atom. The number of benzene rings is 2. The van der Waals surface area contributed by atoms with Crippen LogP contribution in [0.1, 0.15) is 36.2 Å². The molecule has 1 saturated heterocycles. The van der Waals surface area contributed by atoms with Crippen LogP contribution in [0.25, 0.3) is 5.57 Å². The number of hydrogen-bond acceptors (Lipinski definition) is 7. The highest BCUT2D eigenvalue weighted by molar-refractivity contribution is 8.26. The summed E-state index contributed by atoms with van der Waals surface area (Å²) in [7, 11) is 0. The molecule has 3 amide bonds. The van der Waals surface area contributed by atoms with Gasteiger partial charge in [0.2, 0.25) is 5.91 Å². The third kappa shape index (κ3) is 4.85. The van der Waals surface area contributed by atoms with Crippen LogP contribution in [0.15, 0.2) is 53.4 Å². The van der Waals surface area contributed by atoms with Crippen molar-refractivity contribution < 1.29 is 23.9 Å². The van der Waals surface area contributed by atoms with Gasteiger partial charge in [0.05, 0.1) is 28.3 Å². The summed E-state index contributed by atoms with van der Waals surface area (Å²) in [5.41, 5.74) is 2.27. The van der Waals surface area contributed by atoms with Gasteiger partial charge in [-0.3, -0.25) is 24.2 Å². The Bertz CT molecular complexity index is 1260. The molecule has 0 unspecified atom stereocenters. The van der Waals surface area contributed by atoms with Gasteiger partial charge in [0.15, 0.2) is 0 Å². The van der Waals surface area contributed by atoms with Crippen LogP contribution in [0.3, 0.4) is 0 Å². The van der Waals surface area contributed by atoms with Crippen molar-refractivity contribution in [2.45, 2.75) is 20.3 Å². The SMILES string of the molecule is CCCN1C(=O)/C(=C2\C(=O)N(CC(=O)Nc3ccc(C(=O)OCC)cc3)c3ccccc32)SC1=S. The summed E-state index contributed by atoms with van der Waals surface area (Å²) in [4.78, 5) is 54.2. The van der Waals surface area contributed by atoms with Crippen LogP contribution in [-0.4, -0.2) is 52.6 Å². The fraction of sp³-hybridized carbons (Fsp3) is 0.240. The summed E-state index contributed by atoms with van der Waals surface area (Å²) >= 11 is 6.48. The number of nitrogens with zero attached hydrogens (tertiary/aromatic N) is 2. The lowest BCUT2D eigenvalue weighted by Crippen LogP contribution is -2.35. The third-order valence-corrected chi connectivity index (χ3v) is 6.88. The van der Waals surface area contributed by atoms with Gasteiger partial charge >= 0.3 is 5.97 Å². The molecule has 0 spiro atoms. The number of fused-ring (bicyclic) bond motifs is 1. The molecule has 8 nitrogen and oxygen atoms in total. The molecular weight excluding hydrogens is 486 g/mol. The number of hydrogen-bond donors (Lipinski definition) is 1. The number of anilines is 2. The van der Waals surface area contributed by atoms with E-state index in [1.807, 2.05) is 6.92 Å². The van der Waals surface area contributed by atoms with Gasteiger partial charge in [-0.25, -0.2) is 4.79 Å². The molecular formula is C25H23N3O5S2. The van der Waals surface area contributed by atoms with Gasteiger partial charge in [0.25, 0.3) is 11.8 Å². The predicted molar refractivity (Wildman–Crippen MR) is 139 cm³/mol. The lowest BCUT2D eigenvalue weighted by atomic mass is 10.1. The summed E-state index contributed by atoms with van der Waals surface area (Å²) in [6.45, 7) is 4.19. The number of rotatable bonds is 7. The van der Waals surface area contributed by atoms with E-state index in [2.05, 4.69) is 5.32 Å². The highest BCUT2D eigenvalue weighted by Crippen LogP contribution is 2.44. The van der Waals surface area contributed by atoms with E-state index in [-0.39, 0.29) is 24.6 Å². The van der Waals surface area contributed by atoms with Gasteiger partial charge in [-0.2, -0.15) is 0 Å². The molecule has 1 fully saturated rings. The first-order chi connectivity index (χ1) is 16.8. The van der Waals surface area contributed by atoms with E-state index < -0.39 is 17.8 Å². The van der Waals surface area contributed by atoms with Gasteiger partial charge in [0, 0.05) is 17.8 Å². The molecule has 2 aliphatic rings. The average Bonchev–Trinajstić information content (AvgIpc) is 3.27. The fourth-order valence-electron chi connectivity index (χ4n) is 3.87. The molecule has 180 valence electrons. The Hall–Kier alpha value is -3.50. The van der Waals surface area contributed by atoms with Crippen LogP contribution in [-0.2, 0) is 19.1 Å². The van der Waals surface area contributed by atoms with Crippen LogP contribution in [0.2, 0.25) is 0 Å². The fourth-order valence-corrected chi connectivity index (χ4v) is 5.25. The van der Waals surface area contributed by atoms with Crippen molar-refractivity contribution in [1.82, 2.24) is 4.90 Å². The first-order valence-electron chi connectivity index (χ1n) is 11.1. The topological polar surface area (TPSA) is 96.0 Å². The maximum absolute atomic E-state index is 13.4. The van der Waals surface area contributed by atoms with Crippen LogP contribution in [0, 0.1) is 0 Å². The van der Waals surface area contributed by atoms with Crippen molar-refractivity contribution >= 4 is 68.9 Å². The number of nitrogens with one attached hydrogen (secondary N) is 1. The summed E-state index contributed by atoms with van der Waals surface area (Å²) in [5, 5.41) is 2.74. The standard InChI is InChI=1S/C25H23N3O5S2/c1-3-13-27-23(31)21(35-25(27)34)20-17-7-5-6-8-18(17)28(22(20)30)14-19(29)26-16-11-9-15(10-12-16)24(32)33-4-2/h5-12H,3-4,13-14H2,1-2H3,(H,26,29)/b21-20+. The molecule has 2 heterocycles. The molecule has 0 saturated carbocycles. The lowest BCUT2D eigenvalue weighted by molar-refractivity contribution is -0.122. The van der Waals surface area contributed by atoms with Crippen molar-refractivity contribution in [2.24, 2.45) is 0 Å². The number of esters is 1. The van der Waals surface area contributed by atoms with E-state index in [9.17, 15) is 19.2 Å². The van der Waals surface area contributed by atoms with Gasteiger partial charge in [-0.05, 0) is 43.7 Å². The molecule has 10 heteroatoms. The van der Waals surface area contributed by atoms with Crippen LogP contribution >= 0.6 is 24.0 Å². The van der Waals surface area contributed by atoms with E-state index in [0.29, 0.717) is 38.3 Å². The number of amides is 3.